The molecule has 328 valence electrons. The maximum absolute atomic E-state index is 12.2. The summed E-state index contributed by atoms with van der Waals surface area (Å²) < 4.78 is 10.6. The lowest BCUT2D eigenvalue weighted by Crippen LogP contribution is -2.28. The van der Waals surface area contributed by atoms with E-state index in [9.17, 15) is 14.7 Å². The number of hydrogen-bond acceptors (Lipinski definition) is 5. The fourth-order valence-corrected chi connectivity index (χ4v) is 6.62. The van der Waals surface area contributed by atoms with Crippen LogP contribution in [0.5, 0.6) is 0 Å². The molecule has 0 saturated heterocycles. The third-order valence-corrected chi connectivity index (χ3v) is 10.2. The molecule has 0 aliphatic rings. The van der Waals surface area contributed by atoms with Crippen LogP contribution in [0.3, 0.4) is 0 Å². The fraction of sp³-hybridized carbons (Fsp3) is 0.731. The van der Waals surface area contributed by atoms with E-state index in [0.717, 1.165) is 77.0 Å². The number of aliphatic hydroxyl groups is 1. The molecule has 5 nitrogen and oxygen atoms in total. The average molecular weight is 795 g/mol. The molecule has 5 heteroatoms. The number of rotatable bonds is 43. The minimum absolute atomic E-state index is 0.0740. The Morgan fingerprint density at radius 1 is 0.421 bits per heavy atom. The molecular formula is C52H90O5. The van der Waals surface area contributed by atoms with Crippen molar-refractivity contribution in [3.63, 3.8) is 0 Å². The summed E-state index contributed by atoms with van der Waals surface area (Å²) in [5.41, 5.74) is 0. The number of esters is 2. The first-order valence-corrected chi connectivity index (χ1v) is 24.0. The minimum Gasteiger partial charge on any atom is -0.462 e. The van der Waals surface area contributed by atoms with E-state index in [-0.39, 0.29) is 25.2 Å². The molecule has 0 rings (SSSR count). The highest BCUT2D eigenvalue weighted by Crippen LogP contribution is 2.15. The van der Waals surface area contributed by atoms with Crippen molar-refractivity contribution in [2.45, 2.75) is 232 Å². The minimum atomic E-state index is -0.779. The van der Waals surface area contributed by atoms with Gasteiger partial charge in [-0.15, -0.1) is 0 Å². The molecule has 0 heterocycles. The van der Waals surface area contributed by atoms with Crippen molar-refractivity contribution in [3.8, 4) is 0 Å². The third-order valence-electron chi connectivity index (χ3n) is 10.2. The highest BCUT2D eigenvalue weighted by atomic mass is 16.6. The Kier molecular flexibility index (Phi) is 45.5. The lowest BCUT2D eigenvalue weighted by Gasteiger charge is -2.15. The van der Waals surface area contributed by atoms with Gasteiger partial charge >= 0.3 is 11.9 Å². The molecule has 1 unspecified atom stereocenters. The highest BCUT2D eigenvalue weighted by Gasteiger charge is 2.16. The molecule has 0 fully saturated rings. The van der Waals surface area contributed by atoms with Gasteiger partial charge in [0.05, 0.1) is 6.61 Å². The van der Waals surface area contributed by atoms with Gasteiger partial charge in [-0.25, -0.2) is 0 Å². The number of unbranched alkanes of at least 4 members (excludes halogenated alkanes) is 23. The molecule has 0 aromatic carbocycles. The average Bonchev–Trinajstić information content (AvgIpc) is 3.21. The van der Waals surface area contributed by atoms with Crippen molar-refractivity contribution < 1.29 is 24.2 Å². The number of hydrogen-bond donors (Lipinski definition) is 1. The summed E-state index contributed by atoms with van der Waals surface area (Å²) in [6.07, 6.45) is 64.2. The van der Waals surface area contributed by atoms with Gasteiger partial charge in [0.2, 0.25) is 0 Å². The van der Waals surface area contributed by atoms with E-state index in [2.05, 4.69) is 86.8 Å². The zero-order valence-corrected chi connectivity index (χ0v) is 37.3. The standard InChI is InChI=1S/C52H90O5/c1-3-5-7-9-11-13-15-17-19-20-21-22-23-24-25-26-27-28-29-30-31-32-33-35-37-39-41-43-45-47-52(55)57-50(48-53)49-56-51(54)46-44-42-40-38-36-34-18-16-14-12-10-8-6-4-2/h5,7,10-13,16-19,21-22,50,53H,3-4,6,8-9,14-15,20,23-49H2,1-2H3/b7-5-,12-10-,13-11-,18-16-,19-17-,22-21-. The molecule has 1 atom stereocenters. The predicted molar refractivity (Wildman–Crippen MR) is 246 cm³/mol. The second-order valence-corrected chi connectivity index (χ2v) is 15.8. The smallest absolute Gasteiger partial charge is 0.306 e. The van der Waals surface area contributed by atoms with Gasteiger partial charge < -0.3 is 14.6 Å². The summed E-state index contributed by atoms with van der Waals surface area (Å²) >= 11 is 0. The third kappa shape index (κ3) is 45.9. The first-order chi connectivity index (χ1) is 28.1. The molecule has 0 aliphatic carbocycles. The number of allylic oxidation sites excluding steroid dienone is 12. The van der Waals surface area contributed by atoms with Gasteiger partial charge in [0, 0.05) is 12.8 Å². The summed E-state index contributed by atoms with van der Waals surface area (Å²) in [5.74, 6) is -0.605. The van der Waals surface area contributed by atoms with Gasteiger partial charge in [0.1, 0.15) is 6.61 Å². The lowest BCUT2D eigenvalue weighted by atomic mass is 10.0. The summed E-state index contributed by atoms with van der Waals surface area (Å²) in [6, 6.07) is 0. The van der Waals surface area contributed by atoms with Gasteiger partial charge in [-0.05, 0) is 77.0 Å². The Morgan fingerprint density at radius 2 is 0.754 bits per heavy atom. The van der Waals surface area contributed by atoms with Crippen LogP contribution >= 0.6 is 0 Å². The number of ether oxygens (including phenoxy) is 2. The van der Waals surface area contributed by atoms with Gasteiger partial charge in [-0.3, -0.25) is 9.59 Å². The van der Waals surface area contributed by atoms with E-state index >= 15 is 0 Å². The van der Waals surface area contributed by atoms with Gasteiger partial charge in [0.25, 0.3) is 0 Å². The zero-order valence-electron chi connectivity index (χ0n) is 37.3. The van der Waals surface area contributed by atoms with Crippen molar-refractivity contribution in [3.05, 3.63) is 72.9 Å². The Bertz CT molecular complexity index is 1040. The molecule has 0 aromatic rings. The highest BCUT2D eigenvalue weighted by molar-refractivity contribution is 5.70. The quantitative estimate of drug-likeness (QED) is 0.0378. The summed E-state index contributed by atoms with van der Waals surface area (Å²) in [4.78, 5) is 24.4. The molecule has 0 aliphatic heterocycles. The number of aliphatic hydroxyl groups excluding tert-OH is 1. The second-order valence-electron chi connectivity index (χ2n) is 15.8. The van der Waals surface area contributed by atoms with Crippen LogP contribution in [-0.2, 0) is 19.1 Å². The van der Waals surface area contributed by atoms with Crippen LogP contribution in [-0.4, -0.2) is 36.4 Å². The zero-order chi connectivity index (χ0) is 41.4. The molecular weight excluding hydrogens is 705 g/mol. The maximum atomic E-state index is 12.2. The first-order valence-electron chi connectivity index (χ1n) is 24.0. The van der Waals surface area contributed by atoms with Crippen LogP contribution in [0, 0.1) is 0 Å². The van der Waals surface area contributed by atoms with E-state index in [1.165, 1.54) is 122 Å². The Morgan fingerprint density at radius 3 is 1.14 bits per heavy atom. The number of carbonyl (C=O) groups is 2. The van der Waals surface area contributed by atoms with E-state index in [4.69, 9.17) is 9.47 Å². The van der Waals surface area contributed by atoms with Crippen molar-refractivity contribution in [1.29, 1.82) is 0 Å². The van der Waals surface area contributed by atoms with E-state index in [1.54, 1.807) is 0 Å². The fourth-order valence-electron chi connectivity index (χ4n) is 6.62. The Balaban J connectivity index is 3.49. The van der Waals surface area contributed by atoms with E-state index < -0.39 is 6.10 Å². The first kappa shape index (κ1) is 54.3. The van der Waals surface area contributed by atoms with Crippen LogP contribution in [0.1, 0.15) is 226 Å². The lowest BCUT2D eigenvalue weighted by molar-refractivity contribution is -0.161. The number of carbonyl (C=O) groups excluding carboxylic acids is 2. The van der Waals surface area contributed by atoms with Gasteiger partial charge in [-0.2, -0.15) is 0 Å². The molecule has 0 radical (unpaired) electrons. The van der Waals surface area contributed by atoms with Crippen LogP contribution in [0.2, 0.25) is 0 Å². The largest absolute Gasteiger partial charge is 0.462 e. The van der Waals surface area contributed by atoms with E-state index in [1.807, 2.05) is 0 Å². The van der Waals surface area contributed by atoms with Crippen molar-refractivity contribution in [2.24, 2.45) is 0 Å². The molecule has 0 saturated carbocycles. The normalized spacial score (nSPS) is 12.8. The van der Waals surface area contributed by atoms with Crippen molar-refractivity contribution >= 4 is 11.9 Å². The summed E-state index contributed by atoms with van der Waals surface area (Å²) in [5, 5.41) is 9.60. The Hall–Kier alpha value is -2.66. The molecule has 0 amide bonds. The van der Waals surface area contributed by atoms with Gasteiger partial charge in [-0.1, -0.05) is 209 Å². The van der Waals surface area contributed by atoms with E-state index in [0.29, 0.717) is 12.8 Å². The second kappa shape index (κ2) is 47.7. The Labute approximate surface area is 353 Å². The van der Waals surface area contributed by atoms with Crippen molar-refractivity contribution in [1.82, 2.24) is 0 Å². The van der Waals surface area contributed by atoms with Crippen LogP contribution in [0.25, 0.3) is 0 Å². The van der Waals surface area contributed by atoms with Crippen LogP contribution in [0.15, 0.2) is 72.9 Å². The maximum Gasteiger partial charge on any atom is 0.306 e. The van der Waals surface area contributed by atoms with Crippen LogP contribution < -0.4 is 0 Å². The van der Waals surface area contributed by atoms with Crippen LogP contribution in [0.4, 0.5) is 0 Å². The monoisotopic (exact) mass is 795 g/mol. The molecule has 0 aromatic heterocycles. The molecule has 57 heavy (non-hydrogen) atoms. The predicted octanol–water partition coefficient (Wildman–Crippen LogP) is 15.7. The molecule has 0 bridgehead atoms. The van der Waals surface area contributed by atoms with Gasteiger partial charge in [0.15, 0.2) is 6.10 Å². The molecule has 1 N–H and O–H groups in total. The SMILES string of the molecule is CC/C=C\C/C=C\C/C=C\C/C=C\CCCCCCCCCCCCCCCCCCC(=O)OC(CO)COC(=O)CCCCCCC/C=C\C/C=C\CCCC. The summed E-state index contributed by atoms with van der Waals surface area (Å²) in [7, 11) is 0. The van der Waals surface area contributed by atoms with Crippen molar-refractivity contribution in [2.75, 3.05) is 13.2 Å². The molecule has 0 spiro atoms. The summed E-state index contributed by atoms with van der Waals surface area (Å²) in [6.45, 7) is 3.98. The topological polar surface area (TPSA) is 72.8 Å².